The SMILES string of the molecule is CC1(C)CC(c2ccc3c(c2)c2ccccc2n3-c2nc(-c3ccccc3)nc(-c3ccccc3)n2)CC1(C)C. The minimum absolute atomic E-state index is 0.313. The van der Waals surface area contributed by atoms with Gasteiger partial charge in [0.2, 0.25) is 5.95 Å². The van der Waals surface area contributed by atoms with Crippen LogP contribution in [0, 0.1) is 10.8 Å². The predicted molar refractivity (Wildman–Crippen MR) is 165 cm³/mol. The molecule has 0 radical (unpaired) electrons. The van der Waals surface area contributed by atoms with Crippen molar-refractivity contribution in [1.29, 1.82) is 0 Å². The molecule has 40 heavy (non-hydrogen) atoms. The van der Waals surface area contributed by atoms with Gasteiger partial charge in [-0.2, -0.15) is 9.97 Å². The van der Waals surface area contributed by atoms with Crippen LogP contribution in [0.3, 0.4) is 0 Å². The van der Waals surface area contributed by atoms with Crippen LogP contribution in [-0.2, 0) is 0 Å². The van der Waals surface area contributed by atoms with Crippen molar-refractivity contribution in [1.82, 2.24) is 19.5 Å². The molecule has 4 aromatic carbocycles. The van der Waals surface area contributed by atoms with E-state index in [1.54, 1.807) is 0 Å². The summed E-state index contributed by atoms with van der Waals surface area (Å²) >= 11 is 0. The second kappa shape index (κ2) is 9.12. The van der Waals surface area contributed by atoms with E-state index >= 15 is 0 Å². The topological polar surface area (TPSA) is 43.6 Å². The number of aromatic nitrogens is 4. The smallest absolute Gasteiger partial charge is 0.238 e. The third-order valence-corrected chi connectivity index (χ3v) is 9.40. The van der Waals surface area contributed by atoms with E-state index in [-0.39, 0.29) is 0 Å². The molecule has 4 heteroatoms. The molecule has 1 aliphatic carbocycles. The van der Waals surface area contributed by atoms with Crippen LogP contribution in [0.1, 0.15) is 52.0 Å². The van der Waals surface area contributed by atoms with Crippen molar-refractivity contribution in [3.05, 3.63) is 109 Å². The molecule has 198 valence electrons. The van der Waals surface area contributed by atoms with Crippen molar-refractivity contribution in [2.45, 2.75) is 46.5 Å². The molecule has 7 rings (SSSR count). The van der Waals surface area contributed by atoms with Crippen molar-refractivity contribution in [3.8, 4) is 28.7 Å². The standard InChI is InChI=1S/C36H34N4/c1-35(2)22-27(23-36(35,3)4)26-19-20-31-29(21-26)28-17-11-12-18-30(28)40(31)34-38-32(24-13-7-5-8-14-24)37-33(39-34)25-15-9-6-10-16-25/h5-21,27H,22-23H2,1-4H3. The highest BCUT2D eigenvalue weighted by molar-refractivity contribution is 6.09. The zero-order chi connectivity index (χ0) is 27.5. The monoisotopic (exact) mass is 522 g/mol. The molecule has 0 aliphatic heterocycles. The van der Waals surface area contributed by atoms with Crippen LogP contribution < -0.4 is 0 Å². The van der Waals surface area contributed by atoms with Gasteiger partial charge in [-0.05, 0) is 53.4 Å². The van der Waals surface area contributed by atoms with Gasteiger partial charge in [-0.25, -0.2) is 4.98 Å². The molecule has 1 saturated carbocycles. The highest BCUT2D eigenvalue weighted by Crippen LogP contribution is 2.58. The summed E-state index contributed by atoms with van der Waals surface area (Å²) in [4.78, 5) is 15.0. The summed E-state index contributed by atoms with van der Waals surface area (Å²) in [6.45, 7) is 9.69. The molecule has 0 saturated heterocycles. The van der Waals surface area contributed by atoms with Gasteiger partial charge in [0.25, 0.3) is 0 Å². The Morgan fingerprint density at radius 3 is 1.70 bits per heavy atom. The van der Waals surface area contributed by atoms with Crippen LogP contribution in [0.4, 0.5) is 0 Å². The lowest BCUT2D eigenvalue weighted by Gasteiger charge is -2.34. The first kappa shape index (κ1) is 24.7. The number of benzene rings is 4. The number of nitrogens with zero attached hydrogens (tertiary/aromatic N) is 4. The van der Waals surface area contributed by atoms with Gasteiger partial charge in [0.1, 0.15) is 0 Å². The van der Waals surface area contributed by atoms with Crippen LogP contribution in [0.5, 0.6) is 0 Å². The van der Waals surface area contributed by atoms with Crippen molar-refractivity contribution < 1.29 is 0 Å². The fraction of sp³-hybridized carbons (Fsp3) is 0.250. The molecular formula is C36H34N4. The second-order valence-electron chi connectivity index (χ2n) is 12.5. The number of hydrogen-bond donors (Lipinski definition) is 0. The van der Waals surface area contributed by atoms with Crippen LogP contribution in [0.25, 0.3) is 50.5 Å². The summed E-state index contributed by atoms with van der Waals surface area (Å²) in [5.41, 5.74) is 6.22. The molecule has 0 unspecified atom stereocenters. The summed E-state index contributed by atoms with van der Waals surface area (Å²) in [6.07, 6.45) is 2.41. The van der Waals surface area contributed by atoms with Gasteiger partial charge in [0, 0.05) is 21.9 Å². The number of para-hydroxylation sites is 1. The Balaban J connectivity index is 1.45. The number of fused-ring (bicyclic) bond motifs is 3. The minimum atomic E-state index is 0.313. The Hall–Kier alpha value is -4.31. The van der Waals surface area contributed by atoms with Gasteiger partial charge in [-0.15, -0.1) is 0 Å². The molecule has 0 amide bonds. The second-order valence-corrected chi connectivity index (χ2v) is 12.5. The van der Waals surface area contributed by atoms with E-state index < -0.39 is 0 Å². The Morgan fingerprint density at radius 2 is 1.10 bits per heavy atom. The van der Waals surface area contributed by atoms with Gasteiger partial charge in [-0.1, -0.05) is 113 Å². The Morgan fingerprint density at radius 1 is 0.575 bits per heavy atom. The van der Waals surface area contributed by atoms with Crippen molar-refractivity contribution in [2.24, 2.45) is 10.8 Å². The Bertz CT molecular complexity index is 1780. The molecular weight excluding hydrogens is 488 g/mol. The molecule has 1 fully saturated rings. The highest BCUT2D eigenvalue weighted by atomic mass is 15.2. The van der Waals surface area contributed by atoms with Crippen LogP contribution in [0.2, 0.25) is 0 Å². The number of rotatable bonds is 4. The molecule has 0 bridgehead atoms. The van der Waals surface area contributed by atoms with E-state index in [9.17, 15) is 0 Å². The molecule has 0 atom stereocenters. The summed E-state index contributed by atoms with van der Waals surface area (Å²) in [5.74, 6) is 2.53. The van der Waals surface area contributed by atoms with Crippen molar-refractivity contribution in [3.63, 3.8) is 0 Å². The van der Waals surface area contributed by atoms with Crippen molar-refractivity contribution in [2.75, 3.05) is 0 Å². The normalized spacial score (nSPS) is 16.6. The van der Waals surface area contributed by atoms with E-state index in [1.165, 1.54) is 29.2 Å². The lowest BCUT2D eigenvalue weighted by Crippen LogP contribution is -2.25. The van der Waals surface area contributed by atoms with Crippen LogP contribution >= 0.6 is 0 Å². The summed E-state index contributed by atoms with van der Waals surface area (Å²) < 4.78 is 2.21. The molecule has 0 N–H and O–H groups in total. The number of hydrogen-bond acceptors (Lipinski definition) is 3. The largest absolute Gasteiger partial charge is 0.278 e. The van der Waals surface area contributed by atoms with E-state index in [0.29, 0.717) is 34.3 Å². The lowest BCUT2D eigenvalue weighted by atomic mass is 9.71. The maximum atomic E-state index is 5.05. The Kier molecular flexibility index (Phi) is 5.64. The van der Waals surface area contributed by atoms with Gasteiger partial charge in [0.15, 0.2) is 11.6 Å². The average Bonchev–Trinajstić information content (AvgIpc) is 3.42. The third-order valence-electron chi connectivity index (χ3n) is 9.40. The maximum Gasteiger partial charge on any atom is 0.238 e. The summed E-state index contributed by atoms with van der Waals surface area (Å²) in [5, 5.41) is 2.47. The average molecular weight is 523 g/mol. The van der Waals surface area contributed by atoms with Gasteiger partial charge < -0.3 is 0 Å². The molecule has 6 aromatic rings. The third kappa shape index (κ3) is 4.02. The maximum absolute atomic E-state index is 5.05. The van der Waals surface area contributed by atoms with E-state index in [0.717, 1.165) is 22.2 Å². The molecule has 2 aromatic heterocycles. The minimum Gasteiger partial charge on any atom is -0.278 e. The van der Waals surface area contributed by atoms with Gasteiger partial charge >= 0.3 is 0 Å². The van der Waals surface area contributed by atoms with Gasteiger partial charge in [0.05, 0.1) is 11.0 Å². The Labute approximate surface area is 235 Å². The summed E-state index contributed by atoms with van der Waals surface area (Å²) in [6, 6.07) is 36.0. The fourth-order valence-corrected chi connectivity index (χ4v) is 6.45. The lowest BCUT2D eigenvalue weighted by molar-refractivity contribution is 0.157. The van der Waals surface area contributed by atoms with Crippen LogP contribution in [-0.4, -0.2) is 19.5 Å². The molecule has 2 heterocycles. The summed E-state index contributed by atoms with van der Waals surface area (Å²) in [7, 11) is 0. The first-order chi connectivity index (χ1) is 19.3. The fourth-order valence-electron chi connectivity index (χ4n) is 6.45. The molecule has 1 aliphatic rings. The van der Waals surface area contributed by atoms with E-state index in [2.05, 4.69) is 99.0 Å². The first-order valence-electron chi connectivity index (χ1n) is 14.2. The highest BCUT2D eigenvalue weighted by Gasteiger charge is 2.46. The zero-order valence-electron chi connectivity index (χ0n) is 23.6. The van der Waals surface area contributed by atoms with E-state index in [4.69, 9.17) is 15.0 Å². The first-order valence-corrected chi connectivity index (χ1v) is 14.2. The van der Waals surface area contributed by atoms with Crippen LogP contribution in [0.15, 0.2) is 103 Å². The van der Waals surface area contributed by atoms with E-state index in [1.807, 2.05) is 36.4 Å². The quantitative estimate of drug-likeness (QED) is 0.232. The molecule has 0 spiro atoms. The molecule has 4 nitrogen and oxygen atoms in total. The predicted octanol–water partition coefficient (Wildman–Crippen LogP) is 9.23. The zero-order valence-corrected chi connectivity index (χ0v) is 23.6. The van der Waals surface area contributed by atoms with Crippen molar-refractivity contribution >= 4 is 21.8 Å². The van der Waals surface area contributed by atoms with Gasteiger partial charge in [-0.3, -0.25) is 4.57 Å².